The molecule has 0 aliphatic carbocycles. The minimum Gasteiger partial charge on any atom is -0.595 e. The van der Waals surface area contributed by atoms with E-state index in [0.717, 1.165) is 10.7 Å². The van der Waals surface area contributed by atoms with Crippen molar-refractivity contribution >= 4 is 29.6 Å². The molecule has 1 atom stereocenters. The second-order valence-electron chi connectivity index (χ2n) is 3.71. The lowest BCUT2D eigenvalue weighted by molar-refractivity contribution is -0.991. The molecule has 0 saturated heterocycles. The van der Waals surface area contributed by atoms with Gasteiger partial charge in [-0.25, -0.2) is 14.9 Å². The predicted octanol–water partition coefficient (Wildman–Crippen LogP) is 0.691. The molecule has 1 heterocycles. The SMILES string of the molecule is CSc1nc(N=Cc2ccc([NH+]([O-])O)cc2)nn1C. The average Bonchev–Trinajstić information content (AvgIpc) is 2.77. The van der Waals surface area contributed by atoms with E-state index in [-0.39, 0.29) is 5.69 Å². The number of quaternary nitrogens is 1. The number of benzene rings is 1. The highest BCUT2D eigenvalue weighted by atomic mass is 32.2. The van der Waals surface area contributed by atoms with Gasteiger partial charge in [0.2, 0.25) is 0 Å². The van der Waals surface area contributed by atoms with Crippen LogP contribution in [-0.4, -0.2) is 32.4 Å². The van der Waals surface area contributed by atoms with Crippen LogP contribution in [0.1, 0.15) is 5.56 Å². The Kier molecular flexibility index (Phi) is 4.27. The molecule has 100 valence electrons. The standard InChI is InChI=1S/C11H13N5O2S/c1-15-11(19-2)13-10(14-15)12-7-8-3-5-9(6-4-8)16(17)18/h3-7,16-17H,1-2H3. The first-order chi connectivity index (χ1) is 9.10. The van der Waals surface area contributed by atoms with Gasteiger partial charge in [-0.15, -0.1) is 5.10 Å². The van der Waals surface area contributed by atoms with Gasteiger partial charge >= 0.3 is 0 Å². The summed E-state index contributed by atoms with van der Waals surface area (Å²) in [4.78, 5) is 8.36. The zero-order valence-electron chi connectivity index (χ0n) is 10.4. The first-order valence-corrected chi connectivity index (χ1v) is 6.65. The largest absolute Gasteiger partial charge is 0.595 e. The van der Waals surface area contributed by atoms with E-state index in [4.69, 9.17) is 5.21 Å². The van der Waals surface area contributed by atoms with E-state index in [2.05, 4.69) is 15.1 Å². The van der Waals surface area contributed by atoms with Gasteiger partial charge in [0, 0.05) is 25.4 Å². The number of aryl methyl sites for hydroxylation is 1. The first kappa shape index (κ1) is 13.7. The maximum absolute atomic E-state index is 10.7. The van der Waals surface area contributed by atoms with Crippen LogP contribution in [0.5, 0.6) is 0 Å². The monoisotopic (exact) mass is 279 g/mol. The van der Waals surface area contributed by atoms with Gasteiger partial charge in [-0.1, -0.05) is 11.8 Å². The Balaban J connectivity index is 2.13. The van der Waals surface area contributed by atoms with Crippen LogP contribution < -0.4 is 5.23 Å². The molecule has 19 heavy (non-hydrogen) atoms. The summed E-state index contributed by atoms with van der Waals surface area (Å²) in [6.45, 7) is 0. The quantitative estimate of drug-likeness (QED) is 0.488. The molecule has 0 fully saturated rings. The molecule has 2 rings (SSSR count). The van der Waals surface area contributed by atoms with Crippen LogP contribution in [0.15, 0.2) is 34.4 Å². The van der Waals surface area contributed by atoms with Gasteiger partial charge in [-0.2, -0.15) is 10.2 Å². The number of rotatable bonds is 4. The molecular weight excluding hydrogens is 266 g/mol. The number of hydrogen-bond acceptors (Lipinski definition) is 6. The zero-order chi connectivity index (χ0) is 13.8. The summed E-state index contributed by atoms with van der Waals surface area (Å²) in [5, 5.41) is 23.5. The fraction of sp³-hybridized carbons (Fsp3) is 0.182. The average molecular weight is 279 g/mol. The first-order valence-electron chi connectivity index (χ1n) is 5.42. The van der Waals surface area contributed by atoms with Crippen LogP contribution in [0.2, 0.25) is 0 Å². The highest BCUT2D eigenvalue weighted by molar-refractivity contribution is 7.98. The van der Waals surface area contributed by atoms with Crippen molar-refractivity contribution in [2.75, 3.05) is 6.26 Å². The minimum absolute atomic E-state index is 0.248. The molecule has 1 aromatic heterocycles. The molecule has 2 N–H and O–H groups in total. The Bertz CT molecular complexity index is 579. The third-order valence-corrected chi connectivity index (χ3v) is 3.10. The normalized spacial score (nSPS) is 13.1. The lowest BCUT2D eigenvalue weighted by Crippen LogP contribution is -2.99. The van der Waals surface area contributed by atoms with Crippen molar-refractivity contribution in [3.05, 3.63) is 35.0 Å². The summed E-state index contributed by atoms with van der Waals surface area (Å²) in [6.07, 6.45) is 3.52. The van der Waals surface area contributed by atoms with E-state index < -0.39 is 5.23 Å². The molecule has 0 saturated carbocycles. The highest BCUT2D eigenvalue weighted by Gasteiger charge is 2.03. The zero-order valence-corrected chi connectivity index (χ0v) is 11.3. The topological polar surface area (TPSA) is 90.8 Å². The smallest absolute Gasteiger partial charge is 0.269 e. The van der Waals surface area contributed by atoms with Crippen molar-refractivity contribution in [3.63, 3.8) is 0 Å². The number of nitrogens with zero attached hydrogens (tertiary/aromatic N) is 4. The number of thioether (sulfide) groups is 1. The van der Waals surface area contributed by atoms with E-state index in [1.54, 1.807) is 30.1 Å². The summed E-state index contributed by atoms with van der Waals surface area (Å²) >= 11 is 1.49. The Morgan fingerprint density at radius 2 is 2.11 bits per heavy atom. The molecule has 7 nitrogen and oxygen atoms in total. The molecule has 0 spiro atoms. The molecule has 1 unspecified atom stereocenters. The molecule has 0 bridgehead atoms. The summed E-state index contributed by atoms with van der Waals surface area (Å²) in [7, 11) is 1.81. The van der Waals surface area contributed by atoms with Crippen LogP contribution in [0.4, 0.5) is 11.6 Å². The van der Waals surface area contributed by atoms with Crippen LogP contribution in [-0.2, 0) is 7.05 Å². The fourth-order valence-corrected chi connectivity index (χ4v) is 1.91. The molecule has 0 radical (unpaired) electrons. The molecule has 2 aromatic rings. The van der Waals surface area contributed by atoms with Crippen molar-refractivity contribution in [1.82, 2.24) is 14.8 Å². The Labute approximate surface area is 114 Å². The third-order valence-electron chi connectivity index (χ3n) is 2.38. The molecule has 1 aromatic carbocycles. The summed E-state index contributed by atoms with van der Waals surface area (Å²) in [6, 6.07) is 6.43. The number of aromatic nitrogens is 3. The maximum Gasteiger partial charge on any atom is 0.269 e. The number of hydrogen-bond donors (Lipinski definition) is 2. The van der Waals surface area contributed by atoms with Crippen LogP contribution in [0, 0.1) is 5.21 Å². The predicted molar refractivity (Wildman–Crippen MR) is 72.3 cm³/mol. The van der Waals surface area contributed by atoms with Crippen molar-refractivity contribution in [2.45, 2.75) is 5.16 Å². The third kappa shape index (κ3) is 3.38. The Morgan fingerprint density at radius 1 is 1.42 bits per heavy atom. The Hall–Kier alpha value is -1.74. The highest BCUT2D eigenvalue weighted by Crippen LogP contribution is 2.14. The van der Waals surface area contributed by atoms with Crippen LogP contribution >= 0.6 is 11.8 Å². The molecule has 0 aliphatic rings. The van der Waals surface area contributed by atoms with Gasteiger partial charge in [0.15, 0.2) is 10.8 Å². The Morgan fingerprint density at radius 3 is 2.63 bits per heavy atom. The number of nitrogens with one attached hydrogen (secondary N) is 1. The molecular formula is C11H13N5O2S. The summed E-state index contributed by atoms with van der Waals surface area (Å²) in [5.74, 6) is 0.383. The van der Waals surface area contributed by atoms with Gasteiger partial charge in [0.05, 0.1) is 0 Å². The van der Waals surface area contributed by atoms with Gasteiger partial charge in [0.1, 0.15) is 0 Å². The van der Waals surface area contributed by atoms with E-state index in [9.17, 15) is 5.21 Å². The van der Waals surface area contributed by atoms with Gasteiger partial charge in [-0.05, 0) is 24.0 Å². The van der Waals surface area contributed by atoms with Gasteiger partial charge in [-0.3, -0.25) is 0 Å². The molecule has 0 amide bonds. The van der Waals surface area contributed by atoms with E-state index in [1.165, 1.54) is 23.9 Å². The second-order valence-corrected chi connectivity index (χ2v) is 4.48. The molecule has 8 heteroatoms. The second kappa shape index (κ2) is 5.93. The molecule has 0 aliphatic heterocycles. The van der Waals surface area contributed by atoms with Crippen LogP contribution in [0.3, 0.4) is 0 Å². The fourth-order valence-electron chi connectivity index (χ4n) is 1.43. The van der Waals surface area contributed by atoms with Gasteiger partial charge in [0.25, 0.3) is 5.95 Å². The van der Waals surface area contributed by atoms with E-state index in [0.29, 0.717) is 5.95 Å². The van der Waals surface area contributed by atoms with E-state index >= 15 is 0 Å². The van der Waals surface area contributed by atoms with Crippen molar-refractivity contribution in [1.29, 1.82) is 0 Å². The number of aliphatic imine (C=N–C) groups is 1. The van der Waals surface area contributed by atoms with Crippen molar-refractivity contribution in [3.8, 4) is 0 Å². The maximum atomic E-state index is 10.7. The summed E-state index contributed by atoms with van der Waals surface area (Å²) < 4.78 is 1.66. The summed E-state index contributed by atoms with van der Waals surface area (Å²) in [5.41, 5.74) is 1.04. The van der Waals surface area contributed by atoms with E-state index in [1.807, 2.05) is 6.26 Å². The van der Waals surface area contributed by atoms with Crippen LogP contribution in [0.25, 0.3) is 0 Å². The lowest BCUT2D eigenvalue weighted by atomic mass is 10.2. The van der Waals surface area contributed by atoms with Gasteiger partial charge < -0.3 is 5.21 Å². The minimum atomic E-state index is -0.945. The van der Waals surface area contributed by atoms with Crippen molar-refractivity contribution < 1.29 is 10.4 Å². The van der Waals surface area contributed by atoms with Crippen molar-refractivity contribution in [2.24, 2.45) is 12.0 Å². The lowest BCUT2D eigenvalue weighted by Gasteiger charge is -2.10.